The summed E-state index contributed by atoms with van der Waals surface area (Å²) in [4.78, 5) is 4.15. The molecule has 0 spiro atoms. The third kappa shape index (κ3) is 5.95. The van der Waals surface area contributed by atoms with Gasteiger partial charge in [-0.25, -0.2) is 4.98 Å². The maximum absolute atomic E-state index is 6.20. The molecule has 29 heavy (non-hydrogen) atoms. The Labute approximate surface area is 180 Å². The third-order valence-electron chi connectivity index (χ3n) is 4.49. The zero-order valence-electron chi connectivity index (χ0n) is 16.7. The molecule has 3 aromatic rings. The summed E-state index contributed by atoms with van der Waals surface area (Å²) in [6.45, 7) is 4.39. The molecule has 1 N–H and O–H groups in total. The molecule has 0 saturated heterocycles. The van der Waals surface area contributed by atoms with E-state index < -0.39 is 0 Å². The lowest BCUT2D eigenvalue weighted by Crippen LogP contribution is -2.21. The van der Waals surface area contributed by atoms with Gasteiger partial charge < -0.3 is 19.5 Å². The maximum Gasteiger partial charge on any atom is 0.213 e. The summed E-state index contributed by atoms with van der Waals surface area (Å²) in [6.07, 6.45) is 1.72. The van der Waals surface area contributed by atoms with Crippen LogP contribution >= 0.6 is 15.9 Å². The number of aryl methyl sites for hydroxylation is 1. The molecule has 0 radical (unpaired) electrons. The molecule has 5 nitrogen and oxygen atoms in total. The number of benzene rings is 2. The summed E-state index contributed by atoms with van der Waals surface area (Å²) < 4.78 is 18.3. The van der Waals surface area contributed by atoms with E-state index in [1.54, 1.807) is 13.3 Å². The van der Waals surface area contributed by atoms with Crippen LogP contribution in [0.2, 0.25) is 0 Å². The Hall–Kier alpha value is -2.57. The highest BCUT2D eigenvalue weighted by Gasteiger charge is 2.15. The van der Waals surface area contributed by atoms with Crippen LogP contribution in [0.1, 0.15) is 16.7 Å². The highest BCUT2D eigenvalue weighted by atomic mass is 79.9. The van der Waals surface area contributed by atoms with Crippen LogP contribution in [-0.4, -0.2) is 25.2 Å². The zero-order valence-corrected chi connectivity index (χ0v) is 18.2. The van der Waals surface area contributed by atoms with E-state index in [1.165, 1.54) is 5.56 Å². The first-order chi connectivity index (χ1) is 14.2. The number of rotatable bonds is 10. The summed E-state index contributed by atoms with van der Waals surface area (Å²) in [6, 6.07) is 17.7. The van der Waals surface area contributed by atoms with Crippen molar-refractivity contribution < 1.29 is 14.2 Å². The molecule has 6 heteroatoms. The van der Waals surface area contributed by atoms with Crippen LogP contribution in [0.5, 0.6) is 17.4 Å². The van der Waals surface area contributed by atoms with Crippen LogP contribution in [-0.2, 0) is 13.2 Å². The Balaban J connectivity index is 1.63. The molecule has 0 amide bonds. The minimum atomic E-state index is 0.481. The second kappa shape index (κ2) is 10.8. The maximum atomic E-state index is 6.20. The molecule has 0 aliphatic rings. The van der Waals surface area contributed by atoms with Crippen LogP contribution < -0.4 is 19.5 Å². The number of hydrogen-bond donors (Lipinski definition) is 1. The van der Waals surface area contributed by atoms with Crippen molar-refractivity contribution in [1.82, 2.24) is 10.3 Å². The molecule has 0 saturated carbocycles. The lowest BCUT2D eigenvalue weighted by molar-refractivity contribution is 0.278. The zero-order chi connectivity index (χ0) is 20.5. The normalized spacial score (nSPS) is 10.6. The molecule has 0 aliphatic carbocycles. The van der Waals surface area contributed by atoms with Crippen LogP contribution in [0, 0.1) is 6.92 Å². The molecule has 0 unspecified atom stereocenters. The molecule has 3 rings (SSSR count). The van der Waals surface area contributed by atoms with Crippen molar-refractivity contribution in [2.24, 2.45) is 0 Å². The fraction of sp³-hybridized carbons (Fsp3) is 0.261. The number of hydrogen-bond acceptors (Lipinski definition) is 5. The minimum absolute atomic E-state index is 0.481. The second-order valence-corrected chi connectivity index (χ2v) is 7.32. The number of methoxy groups -OCH3 is 1. The number of aromatic nitrogens is 1. The Morgan fingerprint density at radius 1 is 1.00 bits per heavy atom. The third-order valence-corrected chi connectivity index (χ3v) is 5.23. The summed E-state index contributed by atoms with van der Waals surface area (Å²) in [5.74, 6) is 2.07. The first kappa shape index (κ1) is 21.1. The van der Waals surface area contributed by atoms with E-state index in [2.05, 4.69) is 45.3 Å². The molecule has 1 aromatic heterocycles. The van der Waals surface area contributed by atoms with Crippen molar-refractivity contribution >= 4 is 15.9 Å². The van der Waals surface area contributed by atoms with E-state index in [0.29, 0.717) is 37.9 Å². The highest BCUT2D eigenvalue weighted by molar-refractivity contribution is 9.10. The number of pyridine rings is 1. The van der Waals surface area contributed by atoms with Gasteiger partial charge >= 0.3 is 0 Å². The van der Waals surface area contributed by atoms with E-state index in [0.717, 1.165) is 21.3 Å². The predicted octanol–water partition coefficient (Wildman–Crippen LogP) is 4.91. The molecule has 0 fully saturated rings. The lowest BCUT2D eigenvalue weighted by atomic mass is 10.1. The van der Waals surface area contributed by atoms with Crippen LogP contribution in [0.25, 0.3) is 0 Å². The fourth-order valence-corrected chi connectivity index (χ4v) is 3.31. The molecule has 0 atom stereocenters. The van der Waals surface area contributed by atoms with Crippen molar-refractivity contribution in [1.29, 1.82) is 0 Å². The molecule has 1 heterocycles. The SMILES string of the molecule is COc1ccc(Br)c(CNCCOc2ccccn2)c1OCc1ccccc1C. The number of nitrogens with zero attached hydrogens (tertiary/aromatic N) is 1. The fourth-order valence-electron chi connectivity index (χ4n) is 2.86. The Bertz CT molecular complexity index is 919. The van der Waals surface area contributed by atoms with E-state index in [4.69, 9.17) is 14.2 Å². The van der Waals surface area contributed by atoms with Gasteiger partial charge in [-0.05, 0) is 36.2 Å². The van der Waals surface area contributed by atoms with Gasteiger partial charge in [-0.15, -0.1) is 0 Å². The van der Waals surface area contributed by atoms with Gasteiger partial charge in [-0.2, -0.15) is 0 Å². The summed E-state index contributed by atoms with van der Waals surface area (Å²) in [5, 5.41) is 3.40. The minimum Gasteiger partial charge on any atom is -0.493 e. The van der Waals surface area contributed by atoms with E-state index in [9.17, 15) is 0 Å². The van der Waals surface area contributed by atoms with Gasteiger partial charge in [0.15, 0.2) is 11.5 Å². The van der Waals surface area contributed by atoms with Gasteiger partial charge in [0.25, 0.3) is 0 Å². The molecule has 0 aliphatic heterocycles. The van der Waals surface area contributed by atoms with E-state index in [1.807, 2.05) is 42.5 Å². The Morgan fingerprint density at radius 2 is 1.83 bits per heavy atom. The van der Waals surface area contributed by atoms with Gasteiger partial charge in [0, 0.05) is 35.4 Å². The quantitative estimate of drug-likeness (QED) is 0.439. The predicted molar refractivity (Wildman–Crippen MR) is 118 cm³/mol. The summed E-state index contributed by atoms with van der Waals surface area (Å²) >= 11 is 3.64. The summed E-state index contributed by atoms with van der Waals surface area (Å²) in [7, 11) is 1.65. The number of nitrogens with one attached hydrogen (secondary N) is 1. The lowest BCUT2D eigenvalue weighted by Gasteiger charge is -2.18. The standard InChI is InChI=1S/C23H25BrN2O3/c1-17-7-3-4-8-18(17)16-29-23-19(20(24)10-11-21(23)27-2)15-25-13-14-28-22-9-5-6-12-26-22/h3-12,25H,13-16H2,1-2H3. The van der Waals surface area contributed by atoms with Gasteiger partial charge in [-0.1, -0.05) is 46.3 Å². The van der Waals surface area contributed by atoms with Gasteiger partial charge in [0.05, 0.1) is 7.11 Å². The van der Waals surface area contributed by atoms with Crippen molar-refractivity contribution in [3.05, 3.63) is 82.0 Å². The van der Waals surface area contributed by atoms with Gasteiger partial charge in [0.2, 0.25) is 5.88 Å². The first-order valence-electron chi connectivity index (χ1n) is 9.46. The molecule has 2 aromatic carbocycles. The van der Waals surface area contributed by atoms with Crippen molar-refractivity contribution in [3.63, 3.8) is 0 Å². The Morgan fingerprint density at radius 3 is 2.59 bits per heavy atom. The number of halogens is 1. The van der Waals surface area contributed by atoms with E-state index in [-0.39, 0.29) is 0 Å². The topological polar surface area (TPSA) is 52.6 Å². The number of ether oxygens (including phenoxy) is 3. The summed E-state index contributed by atoms with van der Waals surface area (Å²) in [5.41, 5.74) is 3.36. The largest absolute Gasteiger partial charge is 0.493 e. The molecule has 0 bridgehead atoms. The molecular formula is C23H25BrN2O3. The van der Waals surface area contributed by atoms with Gasteiger partial charge in [-0.3, -0.25) is 0 Å². The Kier molecular flexibility index (Phi) is 7.90. The van der Waals surface area contributed by atoms with Crippen molar-refractivity contribution in [2.75, 3.05) is 20.3 Å². The van der Waals surface area contributed by atoms with Crippen LogP contribution in [0.4, 0.5) is 0 Å². The van der Waals surface area contributed by atoms with E-state index >= 15 is 0 Å². The van der Waals surface area contributed by atoms with Gasteiger partial charge in [0.1, 0.15) is 13.2 Å². The average molecular weight is 457 g/mol. The average Bonchev–Trinajstić information content (AvgIpc) is 2.75. The van der Waals surface area contributed by atoms with Crippen molar-refractivity contribution in [2.45, 2.75) is 20.1 Å². The smallest absolute Gasteiger partial charge is 0.213 e. The molecular weight excluding hydrogens is 432 g/mol. The monoisotopic (exact) mass is 456 g/mol. The first-order valence-corrected chi connectivity index (χ1v) is 10.3. The van der Waals surface area contributed by atoms with Crippen LogP contribution in [0.15, 0.2) is 65.3 Å². The van der Waals surface area contributed by atoms with Crippen LogP contribution in [0.3, 0.4) is 0 Å². The van der Waals surface area contributed by atoms with Crippen molar-refractivity contribution in [3.8, 4) is 17.4 Å². The second-order valence-electron chi connectivity index (χ2n) is 6.47. The molecule has 152 valence electrons. The highest BCUT2D eigenvalue weighted by Crippen LogP contribution is 2.37.